The van der Waals surface area contributed by atoms with Gasteiger partial charge in [-0.1, -0.05) is 30.4 Å². The van der Waals surface area contributed by atoms with Gasteiger partial charge >= 0.3 is 5.63 Å². The molecule has 0 saturated heterocycles. The monoisotopic (exact) mass is 426 g/mol. The minimum atomic E-state index is -0.547. The average Bonchev–Trinajstić information content (AvgIpc) is 2.82. The van der Waals surface area contributed by atoms with Crippen molar-refractivity contribution >= 4 is 11.0 Å². The summed E-state index contributed by atoms with van der Waals surface area (Å²) in [7, 11) is 0. The first kappa shape index (κ1) is 19.8. The van der Waals surface area contributed by atoms with Crippen LogP contribution in [0.5, 0.6) is 5.75 Å². The van der Waals surface area contributed by atoms with Gasteiger partial charge in [0, 0.05) is 24.0 Å². The lowest BCUT2D eigenvalue weighted by molar-refractivity contribution is 0.306. The minimum Gasteiger partial charge on any atom is -0.507 e. The van der Waals surface area contributed by atoms with E-state index in [-0.39, 0.29) is 17.6 Å². The van der Waals surface area contributed by atoms with Crippen molar-refractivity contribution in [2.24, 2.45) is 0 Å². The summed E-state index contributed by atoms with van der Waals surface area (Å²) in [6.45, 7) is 0.322. The molecular formula is C26H19FN2O3. The maximum absolute atomic E-state index is 13.3. The molecular weight excluding hydrogens is 407 g/mol. The normalized spacial score (nSPS) is 15.4. The zero-order chi connectivity index (χ0) is 22.1. The molecule has 0 spiro atoms. The van der Waals surface area contributed by atoms with Gasteiger partial charge in [0.05, 0.1) is 23.7 Å². The van der Waals surface area contributed by atoms with Crippen LogP contribution in [0.4, 0.5) is 4.39 Å². The molecule has 1 atom stereocenters. The highest BCUT2D eigenvalue weighted by molar-refractivity contribution is 5.85. The van der Waals surface area contributed by atoms with Gasteiger partial charge in [0.2, 0.25) is 0 Å². The molecule has 32 heavy (non-hydrogen) atoms. The Morgan fingerprint density at radius 2 is 1.94 bits per heavy atom. The van der Waals surface area contributed by atoms with Gasteiger partial charge in [-0.25, -0.2) is 9.18 Å². The predicted octanol–water partition coefficient (Wildman–Crippen LogP) is 5.33. The van der Waals surface area contributed by atoms with Crippen LogP contribution in [0, 0.1) is 5.82 Å². The molecule has 0 unspecified atom stereocenters. The molecule has 0 bridgehead atoms. The molecule has 2 aromatic heterocycles. The van der Waals surface area contributed by atoms with Gasteiger partial charge in [-0.15, -0.1) is 0 Å². The Morgan fingerprint density at radius 3 is 2.72 bits per heavy atom. The number of fused-ring (bicyclic) bond motifs is 1. The minimum absolute atomic E-state index is 0.0445. The summed E-state index contributed by atoms with van der Waals surface area (Å²) >= 11 is 0. The highest BCUT2D eigenvalue weighted by Gasteiger charge is 2.21. The summed E-state index contributed by atoms with van der Waals surface area (Å²) < 4.78 is 19.0. The van der Waals surface area contributed by atoms with Gasteiger partial charge in [-0.05, 0) is 53.6 Å². The van der Waals surface area contributed by atoms with Crippen molar-refractivity contribution in [2.75, 3.05) is 0 Å². The molecule has 5 nitrogen and oxygen atoms in total. The van der Waals surface area contributed by atoms with E-state index in [9.17, 15) is 14.3 Å². The second-order valence-corrected chi connectivity index (χ2v) is 7.57. The highest BCUT2D eigenvalue weighted by atomic mass is 19.1. The predicted molar refractivity (Wildman–Crippen MR) is 120 cm³/mol. The van der Waals surface area contributed by atoms with Gasteiger partial charge in [0.1, 0.15) is 17.1 Å². The fourth-order valence-corrected chi connectivity index (χ4v) is 3.94. The van der Waals surface area contributed by atoms with E-state index < -0.39 is 5.63 Å². The number of rotatable bonds is 4. The largest absolute Gasteiger partial charge is 0.507 e. The second kappa shape index (κ2) is 8.15. The van der Waals surface area contributed by atoms with Crippen molar-refractivity contribution in [2.45, 2.75) is 12.6 Å². The van der Waals surface area contributed by atoms with Gasteiger partial charge in [-0.2, -0.15) is 0 Å². The van der Waals surface area contributed by atoms with Crippen LogP contribution in [0.25, 0.3) is 22.1 Å². The van der Waals surface area contributed by atoms with Crippen LogP contribution in [0.15, 0.2) is 101 Å². The number of phenols is 1. The lowest BCUT2D eigenvalue weighted by atomic mass is 10.0. The number of halogens is 1. The number of hydrogen-bond donors (Lipinski definition) is 1. The van der Waals surface area contributed by atoms with Crippen LogP contribution in [-0.2, 0) is 6.54 Å². The van der Waals surface area contributed by atoms with E-state index in [1.807, 2.05) is 41.5 Å². The Bertz CT molecular complexity index is 1390. The van der Waals surface area contributed by atoms with E-state index in [0.29, 0.717) is 34.2 Å². The molecule has 0 amide bonds. The van der Waals surface area contributed by atoms with Crippen molar-refractivity contribution in [3.63, 3.8) is 0 Å². The number of phenolic OH excluding ortho intramolecular Hbond substituents is 1. The summed E-state index contributed by atoms with van der Waals surface area (Å²) in [6.07, 6.45) is 11.4. The number of nitrogens with zero attached hydrogens (tertiary/aromatic N) is 2. The lowest BCUT2D eigenvalue weighted by Gasteiger charge is -2.31. The summed E-state index contributed by atoms with van der Waals surface area (Å²) in [4.78, 5) is 19.0. The summed E-state index contributed by atoms with van der Waals surface area (Å²) in [5.74, 6) is -0.332. The summed E-state index contributed by atoms with van der Waals surface area (Å²) in [6, 6.07) is 14.5. The molecule has 0 fully saturated rings. The van der Waals surface area contributed by atoms with Crippen molar-refractivity contribution in [3.05, 3.63) is 119 Å². The standard InChI is InChI=1S/C26H19FN2O3/c27-20-9-6-17(7-10-20)21-14-18-8-11-24(30)22(25(18)32-26(21)31)16-29-13-2-1-5-23(29)19-4-3-12-28-15-19/h1-15,23,30H,16H2/t23-/m0/s1. The lowest BCUT2D eigenvalue weighted by Crippen LogP contribution is -2.23. The maximum Gasteiger partial charge on any atom is 0.344 e. The quantitative estimate of drug-likeness (QED) is 0.447. The first-order valence-corrected chi connectivity index (χ1v) is 10.2. The Morgan fingerprint density at radius 1 is 1.09 bits per heavy atom. The van der Waals surface area contributed by atoms with Gasteiger partial charge < -0.3 is 14.4 Å². The highest BCUT2D eigenvalue weighted by Crippen LogP contribution is 2.33. The van der Waals surface area contributed by atoms with Crippen LogP contribution >= 0.6 is 0 Å². The third-order valence-corrected chi connectivity index (χ3v) is 5.54. The van der Waals surface area contributed by atoms with E-state index in [1.54, 1.807) is 30.6 Å². The molecule has 1 N–H and O–H groups in total. The fourth-order valence-electron chi connectivity index (χ4n) is 3.94. The van der Waals surface area contributed by atoms with Gasteiger partial charge in [-0.3, -0.25) is 4.98 Å². The Kier molecular flexibility index (Phi) is 5.03. The Balaban J connectivity index is 1.56. The number of benzene rings is 2. The van der Waals surface area contributed by atoms with Gasteiger partial charge in [0.25, 0.3) is 0 Å². The molecule has 1 aliphatic heterocycles. The summed E-state index contributed by atoms with van der Waals surface area (Å²) in [5, 5.41) is 11.3. The van der Waals surface area contributed by atoms with Crippen molar-refractivity contribution in [1.29, 1.82) is 0 Å². The van der Waals surface area contributed by atoms with E-state index in [4.69, 9.17) is 4.42 Å². The van der Waals surface area contributed by atoms with E-state index in [0.717, 1.165) is 5.56 Å². The number of aromatic hydroxyl groups is 1. The Labute approximate surface area is 183 Å². The number of hydrogen-bond acceptors (Lipinski definition) is 5. The number of aromatic nitrogens is 1. The molecule has 0 radical (unpaired) electrons. The average molecular weight is 426 g/mol. The van der Waals surface area contributed by atoms with Gasteiger partial charge in [0.15, 0.2) is 0 Å². The molecule has 2 aromatic carbocycles. The molecule has 0 aliphatic carbocycles. The Hall–Kier alpha value is -4.19. The number of allylic oxidation sites excluding steroid dienone is 2. The second-order valence-electron chi connectivity index (χ2n) is 7.57. The first-order chi connectivity index (χ1) is 15.6. The van der Waals surface area contributed by atoms with Crippen LogP contribution in [-0.4, -0.2) is 15.0 Å². The van der Waals surface area contributed by atoms with Crippen LogP contribution < -0.4 is 5.63 Å². The fraction of sp³-hybridized carbons (Fsp3) is 0.0769. The molecule has 0 saturated carbocycles. The SMILES string of the molecule is O=c1oc2c(CN3C=CC=C[C@H]3c3cccnc3)c(O)ccc2cc1-c1ccc(F)cc1. The zero-order valence-corrected chi connectivity index (χ0v) is 17.0. The molecule has 5 rings (SSSR count). The molecule has 4 aromatic rings. The van der Waals surface area contributed by atoms with Crippen LogP contribution in [0.2, 0.25) is 0 Å². The third-order valence-electron chi connectivity index (χ3n) is 5.54. The topological polar surface area (TPSA) is 66.6 Å². The van der Waals surface area contributed by atoms with E-state index in [1.165, 1.54) is 24.3 Å². The maximum atomic E-state index is 13.3. The molecule has 6 heteroatoms. The van der Waals surface area contributed by atoms with E-state index in [2.05, 4.69) is 4.98 Å². The van der Waals surface area contributed by atoms with Crippen molar-refractivity contribution in [3.8, 4) is 16.9 Å². The first-order valence-electron chi connectivity index (χ1n) is 10.2. The molecule has 1 aliphatic rings. The van der Waals surface area contributed by atoms with Crippen molar-refractivity contribution < 1.29 is 13.9 Å². The summed E-state index contributed by atoms with van der Waals surface area (Å²) in [5.41, 5.74) is 2.20. The van der Waals surface area contributed by atoms with Crippen LogP contribution in [0.3, 0.4) is 0 Å². The van der Waals surface area contributed by atoms with Crippen molar-refractivity contribution in [1.82, 2.24) is 9.88 Å². The molecule has 158 valence electrons. The smallest absolute Gasteiger partial charge is 0.344 e. The third kappa shape index (κ3) is 3.67. The van der Waals surface area contributed by atoms with E-state index >= 15 is 0 Å². The van der Waals surface area contributed by atoms with Crippen LogP contribution in [0.1, 0.15) is 17.2 Å². The molecule has 3 heterocycles. The number of pyridine rings is 1. The zero-order valence-electron chi connectivity index (χ0n) is 17.0.